The molecule has 1 amide bonds. The zero-order valence-electron chi connectivity index (χ0n) is 14.5. The van der Waals surface area contributed by atoms with Gasteiger partial charge in [-0.15, -0.1) is 0 Å². The van der Waals surface area contributed by atoms with Crippen molar-refractivity contribution in [2.24, 2.45) is 0 Å². The molecule has 3 N–H and O–H groups in total. The molecule has 27 heavy (non-hydrogen) atoms. The van der Waals surface area contributed by atoms with Gasteiger partial charge < -0.3 is 15.5 Å². The molecule has 3 rings (SSSR count). The van der Waals surface area contributed by atoms with Crippen molar-refractivity contribution >= 4 is 39.7 Å². The van der Waals surface area contributed by atoms with Crippen molar-refractivity contribution in [1.82, 2.24) is 14.9 Å². The molecule has 0 aliphatic rings. The molecule has 0 aliphatic carbocycles. The number of carbonyl (C=O) groups excluding carboxylic acids is 1. The number of carbonyl (C=O) groups is 1. The van der Waals surface area contributed by atoms with Crippen LogP contribution in [0.1, 0.15) is 11.1 Å². The maximum atomic E-state index is 12.1. The minimum absolute atomic E-state index is 0.0896. The van der Waals surface area contributed by atoms with Crippen LogP contribution in [0, 0.1) is 11.7 Å². The summed E-state index contributed by atoms with van der Waals surface area (Å²) in [5, 5.41) is 9.34. The Morgan fingerprint density at radius 3 is 2.78 bits per heavy atom. The SMILES string of the molecule is Cc1ccc(NC(=O)COc2ccc(Br)cc2CNn2cn[nH]c2=S)cc1. The third-order valence-electron chi connectivity index (χ3n) is 3.71. The number of H-pyrrole nitrogens is 1. The van der Waals surface area contributed by atoms with Crippen molar-refractivity contribution < 1.29 is 9.53 Å². The van der Waals surface area contributed by atoms with Gasteiger partial charge in [-0.3, -0.25) is 9.89 Å². The maximum absolute atomic E-state index is 12.1. The van der Waals surface area contributed by atoms with Gasteiger partial charge in [0.05, 0.1) is 6.54 Å². The molecule has 0 saturated heterocycles. The van der Waals surface area contributed by atoms with Crippen molar-refractivity contribution in [2.45, 2.75) is 13.5 Å². The number of aryl methyl sites for hydroxylation is 1. The second kappa shape index (κ2) is 8.83. The van der Waals surface area contributed by atoms with Crippen LogP contribution in [0.2, 0.25) is 0 Å². The van der Waals surface area contributed by atoms with Gasteiger partial charge in [-0.05, 0) is 49.5 Å². The molecule has 2 aromatic carbocycles. The summed E-state index contributed by atoms with van der Waals surface area (Å²) in [6.07, 6.45) is 1.55. The van der Waals surface area contributed by atoms with E-state index < -0.39 is 0 Å². The van der Waals surface area contributed by atoms with Gasteiger partial charge in [0.25, 0.3) is 5.91 Å². The monoisotopic (exact) mass is 447 g/mol. The van der Waals surface area contributed by atoms with Crippen LogP contribution >= 0.6 is 28.1 Å². The Hall–Kier alpha value is -2.65. The van der Waals surface area contributed by atoms with E-state index in [9.17, 15) is 4.79 Å². The van der Waals surface area contributed by atoms with Gasteiger partial charge in [0.15, 0.2) is 6.61 Å². The van der Waals surface area contributed by atoms with Gasteiger partial charge in [-0.1, -0.05) is 33.6 Å². The fourth-order valence-corrected chi connectivity index (χ4v) is 2.91. The van der Waals surface area contributed by atoms with Crippen molar-refractivity contribution in [3.63, 3.8) is 0 Å². The van der Waals surface area contributed by atoms with Crippen LogP contribution in [-0.2, 0) is 11.3 Å². The van der Waals surface area contributed by atoms with E-state index >= 15 is 0 Å². The molecule has 0 radical (unpaired) electrons. The van der Waals surface area contributed by atoms with Gasteiger partial charge in [-0.2, -0.15) is 5.10 Å². The lowest BCUT2D eigenvalue weighted by Gasteiger charge is -2.13. The second-order valence-corrected chi connectivity index (χ2v) is 7.12. The summed E-state index contributed by atoms with van der Waals surface area (Å²) in [5.74, 6) is 0.387. The van der Waals surface area contributed by atoms with Gasteiger partial charge in [0, 0.05) is 15.7 Å². The summed E-state index contributed by atoms with van der Waals surface area (Å²) in [7, 11) is 0. The Balaban J connectivity index is 1.62. The van der Waals surface area contributed by atoms with E-state index in [1.165, 1.54) is 0 Å². The number of ether oxygens (including phenoxy) is 1. The third kappa shape index (κ3) is 5.41. The second-order valence-electron chi connectivity index (χ2n) is 5.82. The smallest absolute Gasteiger partial charge is 0.262 e. The number of amides is 1. The largest absolute Gasteiger partial charge is 0.483 e. The van der Waals surface area contributed by atoms with Crippen LogP contribution in [-0.4, -0.2) is 27.4 Å². The lowest BCUT2D eigenvalue weighted by molar-refractivity contribution is -0.118. The highest BCUT2D eigenvalue weighted by Gasteiger charge is 2.09. The van der Waals surface area contributed by atoms with E-state index in [1.54, 1.807) is 11.0 Å². The molecule has 0 spiro atoms. The predicted molar refractivity (Wildman–Crippen MR) is 110 cm³/mol. The van der Waals surface area contributed by atoms with Crippen LogP contribution in [0.15, 0.2) is 53.3 Å². The van der Waals surface area contributed by atoms with Crippen molar-refractivity contribution in [2.75, 3.05) is 17.3 Å². The summed E-state index contributed by atoms with van der Waals surface area (Å²) >= 11 is 8.56. The number of hydrogen-bond acceptors (Lipinski definition) is 5. The highest BCUT2D eigenvalue weighted by atomic mass is 79.9. The number of nitrogens with one attached hydrogen (secondary N) is 3. The molecule has 0 aliphatic heterocycles. The molecule has 0 fully saturated rings. The average molecular weight is 448 g/mol. The first kappa shape index (κ1) is 19.1. The number of halogens is 1. The Labute approximate surface area is 169 Å². The summed E-state index contributed by atoms with van der Waals surface area (Å²) in [5.41, 5.74) is 5.87. The Morgan fingerprint density at radius 2 is 2.07 bits per heavy atom. The van der Waals surface area contributed by atoms with Crippen LogP contribution in [0.5, 0.6) is 5.75 Å². The van der Waals surface area contributed by atoms with E-state index in [-0.39, 0.29) is 12.5 Å². The average Bonchev–Trinajstić information content (AvgIpc) is 3.06. The number of rotatable bonds is 7. The topological polar surface area (TPSA) is 84.0 Å². The summed E-state index contributed by atoms with van der Waals surface area (Å²) in [4.78, 5) is 12.1. The van der Waals surface area contributed by atoms with Gasteiger partial charge in [-0.25, -0.2) is 4.68 Å². The number of aromatic amines is 1. The van der Waals surface area contributed by atoms with E-state index in [4.69, 9.17) is 17.0 Å². The van der Waals surface area contributed by atoms with E-state index in [0.29, 0.717) is 17.1 Å². The Kier molecular flexibility index (Phi) is 6.25. The van der Waals surface area contributed by atoms with Crippen molar-refractivity contribution in [1.29, 1.82) is 0 Å². The molecule has 0 unspecified atom stereocenters. The summed E-state index contributed by atoms with van der Waals surface area (Å²) in [6, 6.07) is 13.2. The number of nitrogens with zero attached hydrogens (tertiary/aromatic N) is 2. The fourth-order valence-electron chi connectivity index (χ4n) is 2.34. The van der Waals surface area contributed by atoms with E-state index in [1.807, 2.05) is 49.4 Å². The van der Waals surface area contributed by atoms with E-state index in [0.717, 1.165) is 21.3 Å². The number of hydrogen-bond donors (Lipinski definition) is 3. The lowest BCUT2D eigenvalue weighted by Crippen LogP contribution is -2.21. The van der Waals surface area contributed by atoms with Crippen molar-refractivity contribution in [3.05, 3.63) is 69.2 Å². The fraction of sp³-hybridized carbons (Fsp3) is 0.167. The first-order valence-corrected chi connectivity index (χ1v) is 9.35. The van der Waals surface area contributed by atoms with Crippen LogP contribution < -0.4 is 15.5 Å². The minimum atomic E-state index is -0.224. The molecule has 3 aromatic rings. The third-order valence-corrected chi connectivity index (χ3v) is 4.49. The Morgan fingerprint density at radius 1 is 1.30 bits per heavy atom. The zero-order valence-corrected chi connectivity index (χ0v) is 16.9. The van der Waals surface area contributed by atoms with Crippen LogP contribution in [0.3, 0.4) is 0 Å². The summed E-state index contributed by atoms with van der Waals surface area (Å²) in [6.45, 7) is 2.35. The molecule has 0 saturated carbocycles. The van der Waals surface area contributed by atoms with Crippen molar-refractivity contribution in [3.8, 4) is 5.75 Å². The Bertz CT molecular complexity index is 984. The zero-order chi connectivity index (χ0) is 19.2. The number of benzene rings is 2. The maximum Gasteiger partial charge on any atom is 0.262 e. The highest BCUT2D eigenvalue weighted by Crippen LogP contribution is 2.23. The van der Waals surface area contributed by atoms with Gasteiger partial charge in [0.2, 0.25) is 4.77 Å². The molecular formula is C18H18BrN5O2S. The number of anilines is 1. The standard InChI is InChI=1S/C18H18BrN5O2S/c1-12-2-5-15(6-3-12)22-17(25)10-26-16-7-4-14(19)8-13(16)9-21-24-11-20-23-18(24)27/h2-8,11,21H,9-10H2,1H3,(H,22,25)(H,23,27). The van der Waals surface area contributed by atoms with Gasteiger partial charge in [0.1, 0.15) is 12.1 Å². The molecule has 0 atom stereocenters. The molecule has 7 nitrogen and oxygen atoms in total. The normalized spacial score (nSPS) is 10.4. The first-order valence-electron chi connectivity index (χ1n) is 8.15. The van der Waals surface area contributed by atoms with Crippen LogP contribution in [0.4, 0.5) is 5.69 Å². The molecule has 0 bridgehead atoms. The highest BCUT2D eigenvalue weighted by molar-refractivity contribution is 9.10. The molecule has 1 heterocycles. The summed E-state index contributed by atoms with van der Waals surface area (Å²) < 4.78 is 8.69. The first-order chi connectivity index (χ1) is 13.0. The number of aromatic nitrogens is 3. The molecule has 9 heteroatoms. The quantitative estimate of drug-likeness (QED) is 0.480. The molecular weight excluding hydrogens is 430 g/mol. The van der Waals surface area contributed by atoms with E-state index in [2.05, 4.69) is 36.9 Å². The predicted octanol–water partition coefficient (Wildman–Crippen LogP) is 3.77. The molecule has 1 aromatic heterocycles. The molecule has 140 valence electrons. The van der Waals surface area contributed by atoms with Gasteiger partial charge >= 0.3 is 0 Å². The minimum Gasteiger partial charge on any atom is -0.483 e. The van der Waals surface area contributed by atoms with Crippen LogP contribution in [0.25, 0.3) is 0 Å². The lowest BCUT2D eigenvalue weighted by atomic mass is 10.2.